The first-order valence-electron chi connectivity index (χ1n) is 6.01. The van der Waals surface area contributed by atoms with Gasteiger partial charge in [-0.25, -0.2) is 4.79 Å². The smallest absolute Gasteiger partial charge is 0.338 e. The largest absolute Gasteiger partial charge is 0.457 e. The van der Waals surface area contributed by atoms with Crippen LogP contribution in [0.4, 0.5) is 5.69 Å². The Bertz CT molecular complexity index is 700. The molecule has 0 aromatic heterocycles. The Morgan fingerprint density at radius 1 is 1.14 bits per heavy atom. The summed E-state index contributed by atoms with van der Waals surface area (Å²) >= 11 is 0. The lowest BCUT2D eigenvalue weighted by molar-refractivity contribution is -0.384. The summed E-state index contributed by atoms with van der Waals surface area (Å²) in [5.74, 6) is -0.561. The number of nitro groups is 1. The first-order chi connectivity index (χ1) is 10.1. The first-order valence-corrected chi connectivity index (χ1v) is 6.01. The molecule has 0 saturated carbocycles. The third kappa shape index (κ3) is 3.64. The second kappa shape index (κ2) is 6.30. The zero-order valence-electron chi connectivity index (χ0n) is 10.9. The Kier molecular flexibility index (Phi) is 4.26. The van der Waals surface area contributed by atoms with Crippen molar-refractivity contribution in [3.63, 3.8) is 0 Å². The minimum Gasteiger partial charge on any atom is -0.457 e. The van der Waals surface area contributed by atoms with Crippen molar-refractivity contribution in [3.8, 4) is 6.07 Å². The third-order valence-electron chi connectivity index (χ3n) is 2.77. The molecule has 104 valence electrons. The van der Waals surface area contributed by atoms with Gasteiger partial charge in [0, 0.05) is 12.1 Å². The van der Waals surface area contributed by atoms with Crippen molar-refractivity contribution in [1.29, 1.82) is 5.26 Å². The summed E-state index contributed by atoms with van der Waals surface area (Å²) in [4.78, 5) is 21.8. The monoisotopic (exact) mass is 282 g/mol. The number of nitriles is 1. The maximum absolute atomic E-state index is 11.8. The third-order valence-corrected chi connectivity index (χ3v) is 2.77. The van der Waals surface area contributed by atoms with E-state index in [2.05, 4.69) is 0 Å². The van der Waals surface area contributed by atoms with Crippen LogP contribution in [0.1, 0.15) is 21.5 Å². The van der Waals surface area contributed by atoms with Gasteiger partial charge in [-0.05, 0) is 29.8 Å². The van der Waals surface area contributed by atoms with Crippen LogP contribution in [0.25, 0.3) is 0 Å². The summed E-state index contributed by atoms with van der Waals surface area (Å²) in [6.07, 6.45) is 0. The minimum absolute atomic E-state index is 0.0710. The molecule has 2 aromatic carbocycles. The van der Waals surface area contributed by atoms with Crippen molar-refractivity contribution in [2.45, 2.75) is 6.61 Å². The van der Waals surface area contributed by atoms with Crippen molar-refractivity contribution in [2.24, 2.45) is 0 Å². The lowest BCUT2D eigenvalue weighted by Gasteiger charge is -2.05. The fourth-order valence-corrected chi connectivity index (χ4v) is 1.63. The second-order valence-corrected chi connectivity index (χ2v) is 4.19. The first kappa shape index (κ1) is 14.2. The maximum atomic E-state index is 11.8. The van der Waals surface area contributed by atoms with Crippen molar-refractivity contribution in [2.75, 3.05) is 0 Å². The predicted octanol–water partition coefficient (Wildman–Crippen LogP) is 2.82. The molecule has 0 N–H and O–H groups in total. The van der Waals surface area contributed by atoms with Crippen LogP contribution in [0.15, 0.2) is 48.5 Å². The zero-order valence-corrected chi connectivity index (χ0v) is 10.9. The molecule has 0 heterocycles. The normalized spacial score (nSPS) is 9.67. The molecule has 0 spiro atoms. The number of hydrogen-bond acceptors (Lipinski definition) is 5. The minimum atomic E-state index is -0.561. The Morgan fingerprint density at radius 3 is 2.29 bits per heavy atom. The van der Waals surface area contributed by atoms with Gasteiger partial charge in [-0.3, -0.25) is 10.1 Å². The predicted molar refractivity (Wildman–Crippen MR) is 73.4 cm³/mol. The van der Waals surface area contributed by atoms with E-state index in [4.69, 9.17) is 10.00 Å². The second-order valence-electron chi connectivity index (χ2n) is 4.19. The molecule has 0 aliphatic heterocycles. The molecular formula is C15H10N2O4. The van der Waals surface area contributed by atoms with Crippen molar-refractivity contribution in [1.82, 2.24) is 0 Å². The molecule has 6 heteroatoms. The number of carbonyl (C=O) groups is 1. The Morgan fingerprint density at radius 2 is 1.76 bits per heavy atom. The van der Waals surface area contributed by atoms with Gasteiger partial charge in [-0.1, -0.05) is 12.1 Å². The van der Waals surface area contributed by atoms with Gasteiger partial charge in [0.05, 0.1) is 22.1 Å². The van der Waals surface area contributed by atoms with Gasteiger partial charge in [0.1, 0.15) is 6.61 Å². The van der Waals surface area contributed by atoms with Gasteiger partial charge in [0.15, 0.2) is 0 Å². The van der Waals surface area contributed by atoms with E-state index in [1.165, 1.54) is 24.3 Å². The number of nitro benzene ring substituents is 1. The standard InChI is InChI=1S/C15H10N2O4/c16-9-11-1-3-12(4-2-11)10-21-15(18)13-5-7-14(8-6-13)17(19)20/h1-8H,10H2. The SMILES string of the molecule is N#Cc1ccc(COC(=O)c2ccc([N+](=O)[O-])cc2)cc1. The van der Waals surface area contributed by atoms with Crippen molar-refractivity contribution >= 4 is 11.7 Å². The average molecular weight is 282 g/mol. The topological polar surface area (TPSA) is 93.2 Å². The van der Waals surface area contributed by atoms with Crippen LogP contribution in [0.5, 0.6) is 0 Å². The highest BCUT2D eigenvalue weighted by atomic mass is 16.6. The van der Waals surface area contributed by atoms with Gasteiger partial charge in [0.25, 0.3) is 5.69 Å². The molecule has 0 saturated heterocycles. The number of carbonyl (C=O) groups excluding carboxylic acids is 1. The highest BCUT2D eigenvalue weighted by Gasteiger charge is 2.10. The van der Waals surface area contributed by atoms with Gasteiger partial charge in [0.2, 0.25) is 0 Å². The Balaban J connectivity index is 1.97. The van der Waals surface area contributed by atoms with Crippen LogP contribution in [-0.4, -0.2) is 10.9 Å². The molecule has 6 nitrogen and oxygen atoms in total. The zero-order chi connectivity index (χ0) is 15.2. The fourth-order valence-electron chi connectivity index (χ4n) is 1.63. The summed E-state index contributed by atoms with van der Waals surface area (Å²) in [7, 11) is 0. The number of rotatable bonds is 4. The van der Waals surface area contributed by atoms with E-state index in [-0.39, 0.29) is 17.9 Å². The number of hydrogen-bond donors (Lipinski definition) is 0. The van der Waals surface area contributed by atoms with Crippen LogP contribution in [0.3, 0.4) is 0 Å². The lowest BCUT2D eigenvalue weighted by atomic mass is 10.1. The van der Waals surface area contributed by atoms with Gasteiger partial charge >= 0.3 is 5.97 Å². The van der Waals surface area contributed by atoms with E-state index in [9.17, 15) is 14.9 Å². The summed E-state index contributed by atoms with van der Waals surface area (Å²) in [5.41, 5.74) is 1.44. The van der Waals surface area contributed by atoms with E-state index in [1.54, 1.807) is 24.3 Å². The van der Waals surface area contributed by atoms with Crippen molar-refractivity contribution < 1.29 is 14.5 Å². The summed E-state index contributed by atoms with van der Waals surface area (Å²) in [6, 6.07) is 13.8. The molecule has 0 aliphatic rings. The van der Waals surface area contributed by atoms with E-state index in [0.717, 1.165) is 5.56 Å². The van der Waals surface area contributed by atoms with Crippen LogP contribution < -0.4 is 0 Å². The number of nitrogens with zero attached hydrogens (tertiary/aromatic N) is 2. The molecular weight excluding hydrogens is 272 g/mol. The summed E-state index contributed by atoms with van der Waals surface area (Å²) < 4.78 is 5.10. The van der Waals surface area contributed by atoms with E-state index in [1.807, 2.05) is 6.07 Å². The maximum Gasteiger partial charge on any atom is 0.338 e. The van der Waals surface area contributed by atoms with Crippen LogP contribution in [-0.2, 0) is 11.3 Å². The van der Waals surface area contributed by atoms with Gasteiger partial charge in [-0.2, -0.15) is 5.26 Å². The summed E-state index contributed by atoms with van der Waals surface area (Å²) in [5, 5.41) is 19.2. The summed E-state index contributed by atoms with van der Waals surface area (Å²) in [6.45, 7) is 0.0710. The molecule has 2 rings (SSSR count). The molecule has 0 amide bonds. The highest BCUT2D eigenvalue weighted by molar-refractivity contribution is 5.89. The van der Waals surface area contributed by atoms with E-state index >= 15 is 0 Å². The number of benzene rings is 2. The molecule has 0 aliphatic carbocycles. The van der Waals surface area contributed by atoms with E-state index < -0.39 is 10.9 Å². The van der Waals surface area contributed by atoms with Crippen LogP contribution in [0.2, 0.25) is 0 Å². The molecule has 0 bridgehead atoms. The molecule has 0 fully saturated rings. The van der Waals surface area contributed by atoms with Crippen molar-refractivity contribution in [3.05, 3.63) is 75.3 Å². The van der Waals surface area contributed by atoms with Gasteiger partial charge < -0.3 is 4.74 Å². The Hall–Kier alpha value is -3.20. The van der Waals surface area contributed by atoms with E-state index in [0.29, 0.717) is 5.56 Å². The van der Waals surface area contributed by atoms with Gasteiger partial charge in [-0.15, -0.1) is 0 Å². The Labute approximate surface area is 120 Å². The quantitative estimate of drug-likeness (QED) is 0.488. The number of esters is 1. The highest BCUT2D eigenvalue weighted by Crippen LogP contribution is 2.13. The molecule has 21 heavy (non-hydrogen) atoms. The fraction of sp³-hybridized carbons (Fsp3) is 0.0667. The molecule has 0 atom stereocenters. The number of ether oxygens (including phenoxy) is 1. The molecule has 0 unspecified atom stereocenters. The number of non-ortho nitro benzene ring substituents is 1. The lowest BCUT2D eigenvalue weighted by Crippen LogP contribution is -2.05. The van der Waals surface area contributed by atoms with Crippen LogP contribution >= 0.6 is 0 Å². The molecule has 0 radical (unpaired) electrons. The molecule has 2 aromatic rings. The average Bonchev–Trinajstić information content (AvgIpc) is 2.53. The van der Waals surface area contributed by atoms with Crippen LogP contribution in [0, 0.1) is 21.4 Å².